The van der Waals surface area contributed by atoms with Gasteiger partial charge in [0, 0.05) is 36.9 Å². The van der Waals surface area contributed by atoms with E-state index in [1.165, 1.54) is 11.1 Å². The predicted molar refractivity (Wildman–Crippen MR) is 118 cm³/mol. The number of benzene rings is 1. The highest BCUT2D eigenvalue weighted by molar-refractivity contribution is 5.34. The van der Waals surface area contributed by atoms with Crippen LogP contribution in [0.1, 0.15) is 77.6 Å². The van der Waals surface area contributed by atoms with Gasteiger partial charge in [0.25, 0.3) is 0 Å². The van der Waals surface area contributed by atoms with Crippen molar-refractivity contribution < 1.29 is 0 Å². The maximum Gasteiger partial charge on any atom is 0.0902 e. The molecule has 2 aliphatic rings. The van der Waals surface area contributed by atoms with E-state index >= 15 is 0 Å². The molecule has 0 fully saturated rings. The molecule has 0 spiro atoms. The number of rotatable bonds is 8. The number of hydrogen-bond acceptors (Lipinski definition) is 4. The van der Waals surface area contributed by atoms with Gasteiger partial charge in [0.2, 0.25) is 0 Å². The molecule has 1 aromatic rings. The van der Waals surface area contributed by atoms with E-state index in [9.17, 15) is 0 Å². The predicted octanol–water partition coefficient (Wildman–Crippen LogP) is 5.50. The van der Waals surface area contributed by atoms with Crippen LogP contribution in [0.3, 0.4) is 0 Å². The topological polar surface area (TPSA) is 13.0 Å². The molecule has 0 aromatic heterocycles. The Morgan fingerprint density at radius 2 is 1.00 bits per heavy atom. The standard InChI is InChI=1S/C24H38N4/c1-7-23(27-15-13-25(17-27)19(3)4)21-11-9-10-12-22(21)24(8-2)28-16-14-26(18-28)20(5)6/h9-16,19-20,23-24H,7-8,17-18H2,1-6H3/t23-,24-/m1/s1. The smallest absolute Gasteiger partial charge is 0.0902 e. The van der Waals surface area contributed by atoms with Crippen LogP contribution in [-0.4, -0.2) is 45.0 Å². The van der Waals surface area contributed by atoms with E-state index in [4.69, 9.17) is 0 Å². The van der Waals surface area contributed by atoms with Crippen molar-refractivity contribution in [2.45, 2.75) is 78.6 Å². The average molecular weight is 383 g/mol. The highest BCUT2D eigenvalue weighted by Crippen LogP contribution is 2.37. The van der Waals surface area contributed by atoms with Gasteiger partial charge in [-0.25, -0.2) is 0 Å². The van der Waals surface area contributed by atoms with Crippen LogP contribution in [0.4, 0.5) is 0 Å². The van der Waals surface area contributed by atoms with Crippen molar-refractivity contribution >= 4 is 0 Å². The molecule has 4 heteroatoms. The van der Waals surface area contributed by atoms with Crippen molar-refractivity contribution in [2.75, 3.05) is 13.3 Å². The Bertz CT molecular complexity index is 635. The fourth-order valence-corrected chi connectivity index (χ4v) is 4.37. The highest BCUT2D eigenvalue weighted by Gasteiger charge is 2.29. The lowest BCUT2D eigenvalue weighted by Gasteiger charge is -2.36. The fraction of sp³-hybridized carbons (Fsp3) is 0.583. The van der Waals surface area contributed by atoms with Gasteiger partial charge in [0.05, 0.1) is 25.4 Å². The second kappa shape index (κ2) is 8.93. The third kappa shape index (κ3) is 4.16. The van der Waals surface area contributed by atoms with Crippen molar-refractivity contribution in [1.82, 2.24) is 19.6 Å². The second-order valence-electron chi connectivity index (χ2n) is 8.60. The molecule has 0 saturated carbocycles. The van der Waals surface area contributed by atoms with E-state index in [1.54, 1.807) is 0 Å². The summed E-state index contributed by atoms with van der Waals surface area (Å²) in [5, 5.41) is 0. The molecule has 0 amide bonds. The van der Waals surface area contributed by atoms with Gasteiger partial charge >= 0.3 is 0 Å². The van der Waals surface area contributed by atoms with Crippen molar-refractivity contribution in [3.8, 4) is 0 Å². The Balaban J connectivity index is 1.85. The van der Waals surface area contributed by atoms with Gasteiger partial charge in [0.15, 0.2) is 0 Å². The summed E-state index contributed by atoms with van der Waals surface area (Å²) >= 11 is 0. The Morgan fingerprint density at radius 1 is 0.643 bits per heavy atom. The van der Waals surface area contributed by atoms with Gasteiger partial charge in [-0.3, -0.25) is 0 Å². The normalized spacial score (nSPS) is 18.9. The molecule has 3 rings (SSSR count). The van der Waals surface area contributed by atoms with Gasteiger partial charge in [-0.15, -0.1) is 0 Å². The Hall–Kier alpha value is -2.10. The van der Waals surface area contributed by atoms with Crippen molar-refractivity contribution in [3.05, 3.63) is 60.2 Å². The zero-order chi connectivity index (χ0) is 20.3. The quantitative estimate of drug-likeness (QED) is 0.588. The Labute approximate surface area is 172 Å². The van der Waals surface area contributed by atoms with E-state index in [0.717, 1.165) is 26.2 Å². The summed E-state index contributed by atoms with van der Waals surface area (Å²) in [7, 11) is 0. The molecule has 0 saturated heterocycles. The molecule has 0 radical (unpaired) electrons. The minimum Gasteiger partial charge on any atom is -0.356 e. The van der Waals surface area contributed by atoms with E-state index in [0.29, 0.717) is 24.2 Å². The summed E-state index contributed by atoms with van der Waals surface area (Å²) in [5.41, 5.74) is 2.95. The van der Waals surface area contributed by atoms with Crippen LogP contribution in [0, 0.1) is 0 Å². The molecule has 2 aliphatic heterocycles. The maximum atomic E-state index is 2.51. The minimum atomic E-state index is 0.415. The van der Waals surface area contributed by atoms with Crippen LogP contribution < -0.4 is 0 Å². The highest BCUT2D eigenvalue weighted by atomic mass is 15.4. The lowest BCUT2D eigenvalue weighted by atomic mass is 9.91. The Morgan fingerprint density at radius 3 is 1.29 bits per heavy atom. The largest absolute Gasteiger partial charge is 0.356 e. The summed E-state index contributed by atoms with van der Waals surface area (Å²) in [5.74, 6) is 0. The van der Waals surface area contributed by atoms with E-state index in [-0.39, 0.29) is 0 Å². The first kappa shape index (κ1) is 20.6. The van der Waals surface area contributed by atoms with E-state index in [2.05, 4.69) is 110 Å². The molecular formula is C24H38N4. The molecular weight excluding hydrogens is 344 g/mol. The fourth-order valence-electron chi connectivity index (χ4n) is 4.37. The van der Waals surface area contributed by atoms with Crippen LogP contribution in [0.5, 0.6) is 0 Å². The summed E-state index contributed by atoms with van der Waals surface area (Å²) < 4.78 is 0. The van der Waals surface area contributed by atoms with Gasteiger partial charge in [-0.2, -0.15) is 0 Å². The minimum absolute atomic E-state index is 0.415. The van der Waals surface area contributed by atoms with Gasteiger partial charge in [-0.05, 0) is 51.7 Å². The van der Waals surface area contributed by atoms with Crippen molar-refractivity contribution in [3.63, 3.8) is 0 Å². The molecule has 28 heavy (non-hydrogen) atoms. The van der Waals surface area contributed by atoms with Crippen LogP contribution in [0.25, 0.3) is 0 Å². The number of hydrogen-bond donors (Lipinski definition) is 0. The van der Waals surface area contributed by atoms with Crippen molar-refractivity contribution in [1.29, 1.82) is 0 Å². The second-order valence-corrected chi connectivity index (χ2v) is 8.60. The molecule has 154 valence electrons. The van der Waals surface area contributed by atoms with Crippen LogP contribution >= 0.6 is 0 Å². The summed E-state index contributed by atoms with van der Waals surface area (Å²) in [6.07, 6.45) is 11.3. The summed E-state index contributed by atoms with van der Waals surface area (Å²) in [6, 6.07) is 11.0. The molecule has 2 heterocycles. The van der Waals surface area contributed by atoms with E-state index < -0.39 is 0 Å². The SMILES string of the molecule is CC[C@H](c1ccccc1[C@@H](CC)N1C=CN(C(C)C)C1)N1C=CN(C(C)C)C1. The van der Waals surface area contributed by atoms with Gasteiger partial charge in [0.1, 0.15) is 0 Å². The van der Waals surface area contributed by atoms with Crippen LogP contribution in [0.2, 0.25) is 0 Å². The first-order valence-electron chi connectivity index (χ1n) is 10.9. The van der Waals surface area contributed by atoms with Gasteiger partial charge < -0.3 is 19.6 Å². The van der Waals surface area contributed by atoms with Gasteiger partial charge in [-0.1, -0.05) is 38.1 Å². The molecule has 0 unspecified atom stereocenters. The monoisotopic (exact) mass is 382 g/mol. The van der Waals surface area contributed by atoms with E-state index in [1.807, 2.05) is 0 Å². The Kier molecular flexibility index (Phi) is 6.58. The number of nitrogens with zero attached hydrogens (tertiary/aromatic N) is 4. The van der Waals surface area contributed by atoms with Crippen LogP contribution in [0.15, 0.2) is 49.1 Å². The molecule has 0 N–H and O–H groups in total. The lowest BCUT2D eigenvalue weighted by Crippen LogP contribution is -2.34. The molecule has 0 bridgehead atoms. The zero-order valence-electron chi connectivity index (χ0n) is 18.5. The first-order chi connectivity index (χ1) is 13.5. The zero-order valence-corrected chi connectivity index (χ0v) is 18.5. The molecule has 2 atom stereocenters. The average Bonchev–Trinajstić information content (AvgIpc) is 3.34. The summed E-state index contributed by atoms with van der Waals surface area (Å²) in [6.45, 7) is 15.6. The summed E-state index contributed by atoms with van der Waals surface area (Å²) in [4.78, 5) is 9.83. The third-order valence-corrected chi connectivity index (χ3v) is 6.17. The molecule has 4 nitrogen and oxygen atoms in total. The maximum absolute atomic E-state index is 2.51. The third-order valence-electron chi connectivity index (χ3n) is 6.17. The lowest BCUT2D eigenvalue weighted by molar-refractivity contribution is 0.174. The molecule has 0 aliphatic carbocycles. The van der Waals surface area contributed by atoms with Crippen LogP contribution in [-0.2, 0) is 0 Å². The first-order valence-corrected chi connectivity index (χ1v) is 10.9. The molecule has 1 aromatic carbocycles. The van der Waals surface area contributed by atoms with Crippen molar-refractivity contribution in [2.24, 2.45) is 0 Å².